The van der Waals surface area contributed by atoms with Gasteiger partial charge in [-0.25, -0.2) is 4.99 Å². The van der Waals surface area contributed by atoms with E-state index in [9.17, 15) is 0 Å². The summed E-state index contributed by atoms with van der Waals surface area (Å²) in [4.78, 5) is 10.9. The number of benzene rings is 1. The van der Waals surface area contributed by atoms with Crippen LogP contribution in [0.4, 0.5) is 5.69 Å². The first-order chi connectivity index (χ1) is 11.6. The molecule has 7 nitrogen and oxygen atoms in total. The van der Waals surface area contributed by atoms with Crippen LogP contribution in [0.25, 0.3) is 0 Å². The number of anilines is 1. The molecule has 4 N–H and O–H groups in total. The Bertz CT molecular complexity index is 648. The number of aliphatic imine (C=N–C) groups is 2. The first-order valence-electron chi connectivity index (χ1n) is 8.25. The molecule has 2 aliphatic rings. The van der Waals surface area contributed by atoms with Crippen LogP contribution in [0.5, 0.6) is 0 Å². The van der Waals surface area contributed by atoms with Gasteiger partial charge in [0.05, 0.1) is 5.69 Å². The molecule has 1 spiro atoms. The Labute approximate surface area is 142 Å². The molecule has 24 heavy (non-hydrogen) atoms. The van der Waals surface area contributed by atoms with E-state index in [1.54, 1.807) is 14.2 Å². The lowest BCUT2D eigenvalue weighted by atomic mass is 9.87. The molecule has 0 bridgehead atoms. The summed E-state index contributed by atoms with van der Waals surface area (Å²) in [6.07, 6.45) is 4.66. The van der Waals surface area contributed by atoms with Gasteiger partial charge in [-0.3, -0.25) is 4.90 Å². The molecular formula is C17H25N5O2. The SMILES string of the molecule is COC(OC)c1ccccc1N1C(N)=NC(N)=NC12CCCCC2. The average Bonchev–Trinajstić information content (AvgIpc) is 2.57. The van der Waals surface area contributed by atoms with E-state index in [-0.39, 0.29) is 5.96 Å². The third-order valence-electron chi connectivity index (χ3n) is 4.71. The second kappa shape index (κ2) is 6.78. The van der Waals surface area contributed by atoms with Crippen molar-refractivity contribution in [3.05, 3.63) is 29.8 Å². The fourth-order valence-corrected chi connectivity index (χ4v) is 3.71. The lowest BCUT2D eigenvalue weighted by Gasteiger charge is -2.46. The summed E-state index contributed by atoms with van der Waals surface area (Å²) in [6.45, 7) is 0. The maximum absolute atomic E-state index is 6.29. The van der Waals surface area contributed by atoms with E-state index in [2.05, 4.69) is 4.99 Å². The van der Waals surface area contributed by atoms with Crippen molar-refractivity contribution < 1.29 is 9.47 Å². The standard InChI is InChI=1S/C17H25N5O2/c1-23-14(24-2)12-8-4-5-9-13(12)22-16(19)20-15(18)21-17(22)10-6-3-7-11-17/h4-5,8-9,14H,3,6-7,10-11H2,1-2H3,(H4,18,19,20,21). The fourth-order valence-electron chi connectivity index (χ4n) is 3.71. The summed E-state index contributed by atoms with van der Waals surface area (Å²) < 4.78 is 10.9. The zero-order valence-electron chi connectivity index (χ0n) is 14.2. The van der Waals surface area contributed by atoms with Crippen LogP contribution >= 0.6 is 0 Å². The van der Waals surface area contributed by atoms with Crippen molar-refractivity contribution in [3.8, 4) is 0 Å². The molecule has 0 aromatic heterocycles. The lowest BCUT2D eigenvalue weighted by molar-refractivity contribution is -0.105. The number of rotatable bonds is 4. The molecule has 1 aromatic rings. The first-order valence-corrected chi connectivity index (χ1v) is 8.25. The summed E-state index contributed by atoms with van der Waals surface area (Å²) in [5.74, 6) is 0.612. The van der Waals surface area contributed by atoms with Crippen molar-refractivity contribution in [1.82, 2.24) is 0 Å². The van der Waals surface area contributed by atoms with Gasteiger partial charge in [0.15, 0.2) is 6.29 Å². The molecule has 7 heteroatoms. The number of methoxy groups -OCH3 is 2. The number of nitrogens with two attached hydrogens (primary N) is 2. The Morgan fingerprint density at radius 3 is 2.42 bits per heavy atom. The van der Waals surface area contributed by atoms with Crippen LogP contribution in [0.3, 0.4) is 0 Å². The predicted octanol–water partition coefficient (Wildman–Crippen LogP) is 2.09. The molecule has 1 heterocycles. The van der Waals surface area contributed by atoms with Gasteiger partial charge in [0.2, 0.25) is 11.9 Å². The highest BCUT2D eigenvalue weighted by atomic mass is 16.7. The lowest BCUT2D eigenvalue weighted by Crippen LogP contribution is -2.58. The van der Waals surface area contributed by atoms with Crippen LogP contribution in [0.15, 0.2) is 34.3 Å². The van der Waals surface area contributed by atoms with Gasteiger partial charge in [0.25, 0.3) is 0 Å². The summed E-state index contributed by atoms with van der Waals surface area (Å²) in [5.41, 5.74) is 13.5. The first kappa shape index (κ1) is 16.7. The van der Waals surface area contributed by atoms with E-state index in [4.69, 9.17) is 25.9 Å². The zero-order chi connectivity index (χ0) is 17.2. The molecule has 1 saturated carbocycles. The normalized spacial score (nSPS) is 20.2. The Morgan fingerprint density at radius 2 is 1.75 bits per heavy atom. The molecule has 0 unspecified atom stereocenters. The highest BCUT2D eigenvalue weighted by molar-refractivity contribution is 6.06. The van der Waals surface area contributed by atoms with Gasteiger partial charge in [0, 0.05) is 19.8 Å². The number of para-hydroxylation sites is 1. The molecule has 0 saturated heterocycles. The second-order valence-electron chi connectivity index (χ2n) is 6.18. The smallest absolute Gasteiger partial charge is 0.220 e. The summed E-state index contributed by atoms with van der Waals surface area (Å²) >= 11 is 0. The topological polar surface area (TPSA) is 98.5 Å². The molecular weight excluding hydrogens is 306 g/mol. The molecule has 1 aliphatic heterocycles. The maximum Gasteiger partial charge on any atom is 0.220 e. The van der Waals surface area contributed by atoms with Gasteiger partial charge < -0.3 is 20.9 Å². The average molecular weight is 331 g/mol. The minimum Gasteiger partial charge on any atom is -0.369 e. The Kier molecular flexibility index (Phi) is 4.73. The highest BCUT2D eigenvalue weighted by Gasteiger charge is 2.43. The molecule has 3 rings (SSSR count). The van der Waals surface area contributed by atoms with Crippen LogP contribution < -0.4 is 16.4 Å². The van der Waals surface area contributed by atoms with E-state index in [1.807, 2.05) is 29.2 Å². The maximum atomic E-state index is 6.29. The van der Waals surface area contributed by atoms with Crippen molar-refractivity contribution in [2.45, 2.75) is 44.1 Å². The van der Waals surface area contributed by atoms with E-state index in [0.29, 0.717) is 5.96 Å². The van der Waals surface area contributed by atoms with Crippen LogP contribution in [0, 0.1) is 0 Å². The number of guanidine groups is 2. The zero-order valence-corrected chi connectivity index (χ0v) is 14.2. The van der Waals surface area contributed by atoms with E-state index in [0.717, 1.165) is 36.9 Å². The van der Waals surface area contributed by atoms with Crippen LogP contribution in [-0.4, -0.2) is 31.8 Å². The van der Waals surface area contributed by atoms with E-state index < -0.39 is 12.0 Å². The Hall–Kier alpha value is -2.12. The van der Waals surface area contributed by atoms with Crippen LogP contribution in [0.2, 0.25) is 0 Å². The van der Waals surface area contributed by atoms with Crippen LogP contribution in [-0.2, 0) is 9.47 Å². The van der Waals surface area contributed by atoms with Gasteiger partial charge in [-0.05, 0) is 31.7 Å². The van der Waals surface area contributed by atoms with Gasteiger partial charge in [-0.2, -0.15) is 4.99 Å². The molecule has 1 fully saturated rings. The van der Waals surface area contributed by atoms with Crippen molar-refractivity contribution in [1.29, 1.82) is 0 Å². The van der Waals surface area contributed by atoms with Crippen molar-refractivity contribution in [3.63, 3.8) is 0 Å². The third kappa shape index (κ3) is 2.85. The van der Waals surface area contributed by atoms with Gasteiger partial charge in [-0.1, -0.05) is 24.6 Å². The third-order valence-corrected chi connectivity index (χ3v) is 4.71. The van der Waals surface area contributed by atoms with Crippen molar-refractivity contribution >= 4 is 17.6 Å². The van der Waals surface area contributed by atoms with Crippen molar-refractivity contribution in [2.24, 2.45) is 21.5 Å². The number of hydrogen-bond donors (Lipinski definition) is 2. The summed E-state index contributed by atoms with van der Waals surface area (Å²) in [6, 6.07) is 7.88. The second-order valence-corrected chi connectivity index (χ2v) is 6.18. The van der Waals surface area contributed by atoms with E-state index >= 15 is 0 Å². The summed E-state index contributed by atoms with van der Waals surface area (Å²) in [5, 5.41) is 0. The quantitative estimate of drug-likeness (QED) is 0.823. The molecule has 1 aromatic carbocycles. The Balaban J connectivity index is 2.11. The number of nitrogens with zero attached hydrogens (tertiary/aromatic N) is 3. The van der Waals surface area contributed by atoms with Gasteiger partial charge in [0.1, 0.15) is 5.66 Å². The Morgan fingerprint density at radius 1 is 1.08 bits per heavy atom. The predicted molar refractivity (Wildman–Crippen MR) is 94.7 cm³/mol. The largest absolute Gasteiger partial charge is 0.369 e. The highest BCUT2D eigenvalue weighted by Crippen LogP contribution is 2.41. The molecule has 0 atom stereocenters. The molecule has 0 radical (unpaired) electrons. The van der Waals surface area contributed by atoms with Crippen LogP contribution in [0.1, 0.15) is 44.0 Å². The minimum absolute atomic E-state index is 0.248. The molecule has 1 aliphatic carbocycles. The monoisotopic (exact) mass is 331 g/mol. The van der Waals surface area contributed by atoms with Gasteiger partial charge >= 0.3 is 0 Å². The fraction of sp³-hybridized carbons (Fsp3) is 0.529. The van der Waals surface area contributed by atoms with E-state index in [1.165, 1.54) is 6.42 Å². The van der Waals surface area contributed by atoms with Gasteiger partial charge in [-0.15, -0.1) is 0 Å². The minimum atomic E-state index is -0.488. The number of ether oxygens (including phenoxy) is 2. The van der Waals surface area contributed by atoms with Crippen molar-refractivity contribution in [2.75, 3.05) is 19.1 Å². The summed E-state index contributed by atoms with van der Waals surface area (Å²) in [7, 11) is 3.23. The molecule has 0 amide bonds. The number of hydrogen-bond acceptors (Lipinski definition) is 7. The molecule has 130 valence electrons.